The van der Waals surface area contributed by atoms with Gasteiger partial charge in [0.15, 0.2) is 0 Å². The molecule has 0 aliphatic carbocycles. The molecule has 0 unspecified atom stereocenters. The predicted molar refractivity (Wildman–Crippen MR) is 101 cm³/mol. The van der Waals surface area contributed by atoms with Gasteiger partial charge < -0.3 is 14.5 Å². The van der Waals surface area contributed by atoms with Crippen LogP contribution in [0.2, 0.25) is 5.02 Å². The minimum absolute atomic E-state index is 0.0128. The first-order chi connectivity index (χ1) is 12.0. The molecule has 0 spiro atoms. The van der Waals surface area contributed by atoms with E-state index in [1.807, 2.05) is 12.1 Å². The second-order valence-electron chi connectivity index (χ2n) is 5.77. The first-order valence-corrected chi connectivity index (χ1v) is 9.28. The SMILES string of the molecule is CCOC(=O)CCN(CCN(CC)CC)C(=O)Cc1ccc(Cl)cc1. The number of ether oxygens (including phenoxy) is 1. The number of carbonyl (C=O) groups excluding carboxylic acids is 2. The minimum atomic E-state index is -0.269. The van der Waals surface area contributed by atoms with Crippen LogP contribution in [-0.4, -0.2) is 61.0 Å². The molecule has 1 amide bonds. The third kappa shape index (κ3) is 8.36. The summed E-state index contributed by atoms with van der Waals surface area (Å²) in [6.07, 6.45) is 0.524. The van der Waals surface area contributed by atoms with Crippen LogP contribution in [0.5, 0.6) is 0 Å². The summed E-state index contributed by atoms with van der Waals surface area (Å²) in [5.41, 5.74) is 0.915. The van der Waals surface area contributed by atoms with Crippen LogP contribution in [0.1, 0.15) is 32.8 Å². The van der Waals surface area contributed by atoms with E-state index in [0.717, 1.165) is 25.2 Å². The molecule has 25 heavy (non-hydrogen) atoms. The Morgan fingerprint density at radius 1 is 1.00 bits per heavy atom. The Morgan fingerprint density at radius 3 is 2.20 bits per heavy atom. The normalized spacial score (nSPS) is 10.8. The van der Waals surface area contributed by atoms with Crippen molar-refractivity contribution in [3.05, 3.63) is 34.9 Å². The lowest BCUT2D eigenvalue weighted by atomic mass is 10.1. The standard InChI is InChI=1S/C19H29ClN2O3/c1-4-21(5-2)13-14-22(12-11-19(24)25-6-3)18(23)15-16-7-9-17(20)10-8-16/h7-10H,4-6,11-15H2,1-3H3. The number of amides is 1. The van der Waals surface area contributed by atoms with Gasteiger partial charge >= 0.3 is 5.97 Å². The van der Waals surface area contributed by atoms with E-state index in [4.69, 9.17) is 16.3 Å². The Labute approximate surface area is 155 Å². The molecule has 0 aliphatic rings. The van der Waals surface area contributed by atoms with Gasteiger partial charge in [-0.1, -0.05) is 37.6 Å². The second kappa shape index (κ2) is 11.9. The number of likely N-dealkylation sites (N-methyl/N-ethyl adjacent to an activating group) is 1. The van der Waals surface area contributed by atoms with Gasteiger partial charge in [-0.25, -0.2) is 0 Å². The van der Waals surface area contributed by atoms with E-state index in [9.17, 15) is 9.59 Å². The third-order valence-corrected chi connectivity index (χ3v) is 4.35. The molecule has 1 aromatic carbocycles. The van der Waals surface area contributed by atoms with Crippen molar-refractivity contribution in [3.63, 3.8) is 0 Å². The fourth-order valence-electron chi connectivity index (χ4n) is 2.51. The average Bonchev–Trinajstić information content (AvgIpc) is 2.60. The largest absolute Gasteiger partial charge is 0.466 e. The number of esters is 1. The number of halogens is 1. The van der Waals surface area contributed by atoms with E-state index in [1.165, 1.54) is 0 Å². The molecular weight excluding hydrogens is 340 g/mol. The Balaban J connectivity index is 2.67. The van der Waals surface area contributed by atoms with Crippen molar-refractivity contribution >= 4 is 23.5 Å². The van der Waals surface area contributed by atoms with Crippen LogP contribution in [0.4, 0.5) is 0 Å². The van der Waals surface area contributed by atoms with Gasteiger partial charge in [-0.3, -0.25) is 9.59 Å². The van der Waals surface area contributed by atoms with Gasteiger partial charge in [-0.05, 0) is 37.7 Å². The van der Waals surface area contributed by atoms with Gasteiger partial charge in [0, 0.05) is 24.7 Å². The maximum Gasteiger partial charge on any atom is 0.307 e. The molecule has 0 saturated heterocycles. The molecule has 0 saturated carbocycles. The van der Waals surface area contributed by atoms with Crippen molar-refractivity contribution in [1.29, 1.82) is 0 Å². The molecule has 0 bridgehead atoms. The van der Waals surface area contributed by atoms with Gasteiger partial charge in [-0.15, -0.1) is 0 Å². The molecular formula is C19H29ClN2O3. The maximum absolute atomic E-state index is 12.7. The zero-order valence-electron chi connectivity index (χ0n) is 15.5. The molecule has 0 N–H and O–H groups in total. The molecule has 0 atom stereocenters. The molecule has 0 aliphatic heterocycles. The van der Waals surface area contributed by atoms with Crippen molar-refractivity contribution in [3.8, 4) is 0 Å². The van der Waals surface area contributed by atoms with Crippen LogP contribution in [0, 0.1) is 0 Å². The highest BCUT2D eigenvalue weighted by Crippen LogP contribution is 2.11. The van der Waals surface area contributed by atoms with Crippen molar-refractivity contribution in [1.82, 2.24) is 9.80 Å². The number of benzene rings is 1. The van der Waals surface area contributed by atoms with Gasteiger partial charge in [0.25, 0.3) is 0 Å². The van der Waals surface area contributed by atoms with E-state index in [0.29, 0.717) is 31.1 Å². The Hall–Kier alpha value is -1.59. The zero-order valence-corrected chi connectivity index (χ0v) is 16.2. The van der Waals surface area contributed by atoms with E-state index >= 15 is 0 Å². The summed E-state index contributed by atoms with van der Waals surface area (Å²) in [5.74, 6) is -0.256. The van der Waals surface area contributed by atoms with E-state index in [1.54, 1.807) is 24.0 Å². The highest BCUT2D eigenvalue weighted by Gasteiger charge is 2.17. The molecule has 0 radical (unpaired) electrons. The number of nitrogens with zero attached hydrogens (tertiary/aromatic N) is 2. The van der Waals surface area contributed by atoms with E-state index in [2.05, 4.69) is 18.7 Å². The van der Waals surface area contributed by atoms with Crippen LogP contribution in [-0.2, 0) is 20.7 Å². The van der Waals surface area contributed by atoms with Crippen molar-refractivity contribution in [2.45, 2.75) is 33.6 Å². The maximum atomic E-state index is 12.7. The summed E-state index contributed by atoms with van der Waals surface area (Å²) in [6, 6.07) is 7.27. The lowest BCUT2D eigenvalue weighted by molar-refractivity contribution is -0.144. The van der Waals surface area contributed by atoms with E-state index in [-0.39, 0.29) is 18.3 Å². The van der Waals surface area contributed by atoms with E-state index < -0.39 is 0 Å². The van der Waals surface area contributed by atoms with Gasteiger partial charge in [0.2, 0.25) is 5.91 Å². The lowest BCUT2D eigenvalue weighted by Crippen LogP contribution is -2.40. The summed E-state index contributed by atoms with van der Waals surface area (Å²) in [7, 11) is 0. The number of rotatable bonds is 11. The number of hydrogen-bond donors (Lipinski definition) is 0. The molecule has 0 aromatic heterocycles. The first-order valence-electron chi connectivity index (χ1n) is 8.90. The Morgan fingerprint density at radius 2 is 1.64 bits per heavy atom. The first kappa shape index (κ1) is 21.5. The van der Waals surface area contributed by atoms with Crippen molar-refractivity contribution in [2.24, 2.45) is 0 Å². The summed E-state index contributed by atoms with van der Waals surface area (Å²) < 4.78 is 4.97. The molecule has 140 valence electrons. The van der Waals surface area contributed by atoms with Gasteiger partial charge in [-0.2, -0.15) is 0 Å². The topological polar surface area (TPSA) is 49.9 Å². The molecule has 5 nitrogen and oxygen atoms in total. The van der Waals surface area contributed by atoms with Crippen LogP contribution in [0.3, 0.4) is 0 Å². The average molecular weight is 369 g/mol. The fraction of sp³-hybridized carbons (Fsp3) is 0.579. The third-order valence-electron chi connectivity index (χ3n) is 4.09. The quantitative estimate of drug-likeness (QED) is 0.563. The highest BCUT2D eigenvalue weighted by molar-refractivity contribution is 6.30. The van der Waals surface area contributed by atoms with Crippen molar-refractivity contribution < 1.29 is 14.3 Å². The van der Waals surface area contributed by atoms with Gasteiger partial charge in [0.05, 0.1) is 19.4 Å². The fourth-order valence-corrected chi connectivity index (χ4v) is 2.64. The summed E-state index contributed by atoms with van der Waals surface area (Å²) in [6.45, 7) is 9.99. The Bertz CT molecular complexity index is 530. The van der Waals surface area contributed by atoms with Gasteiger partial charge in [0.1, 0.15) is 0 Å². The van der Waals surface area contributed by atoms with Crippen LogP contribution in [0.25, 0.3) is 0 Å². The summed E-state index contributed by atoms with van der Waals surface area (Å²) in [4.78, 5) is 28.3. The van der Waals surface area contributed by atoms with Crippen LogP contribution >= 0.6 is 11.6 Å². The number of hydrogen-bond acceptors (Lipinski definition) is 4. The number of carbonyl (C=O) groups is 2. The Kier molecular flexibility index (Phi) is 10.2. The highest BCUT2D eigenvalue weighted by atomic mass is 35.5. The van der Waals surface area contributed by atoms with Crippen LogP contribution < -0.4 is 0 Å². The van der Waals surface area contributed by atoms with Crippen LogP contribution in [0.15, 0.2) is 24.3 Å². The summed E-state index contributed by atoms with van der Waals surface area (Å²) in [5, 5.41) is 0.650. The second-order valence-corrected chi connectivity index (χ2v) is 6.20. The molecule has 1 rings (SSSR count). The lowest BCUT2D eigenvalue weighted by Gasteiger charge is -2.26. The molecule has 6 heteroatoms. The minimum Gasteiger partial charge on any atom is -0.466 e. The molecule has 1 aromatic rings. The zero-order chi connectivity index (χ0) is 18.7. The predicted octanol–water partition coefficient (Wildman–Crippen LogP) is 3.01. The monoisotopic (exact) mass is 368 g/mol. The molecule has 0 heterocycles. The molecule has 0 fully saturated rings. The summed E-state index contributed by atoms with van der Waals surface area (Å²) >= 11 is 5.89. The smallest absolute Gasteiger partial charge is 0.307 e. The van der Waals surface area contributed by atoms with Crippen molar-refractivity contribution in [2.75, 3.05) is 39.3 Å².